The topological polar surface area (TPSA) is 94.9 Å². The maximum atomic E-state index is 12.5. The number of pyridine rings is 1. The molecular formula is C10H11F3N4O2S. The first-order valence-corrected chi connectivity index (χ1v) is 7.19. The quantitative estimate of drug-likeness (QED) is 0.789. The SMILES string of the molecule is CS(=O)(=O)NCCNc1nc(C(F)(F)F)ccc1C#N. The number of hydrogen-bond acceptors (Lipinski definition) is 5. The van der Waals surface area contributed by atoms with E-state index in [9.17, 15) is 21.6 Å². The van der Waals surface area contributed by atoms with Crippen molar-refractivity contribution in [3.05, 3.63) is 23.4 Å². The highest BCUT2D eigenvalue weighted by Crippen LogP contribution is 2.29. The molecule has 0 fully saturated rings. The number of nitrogens with one attached hydrogen (secondary N) is 2. The van der Waals surface area contributed by atoms with Gasteiger partial charge in [-0.25, -0.2) is 18.1 Å². The number of aromatic nitrogens is 1. The Morgan fingerprint density at radius 2 is 2.00 bits per heavy atom. The number of nitriles is 1. The molecule has 2 N–H and O–H groups in total. The second-order valence-electron chi connectivity index (χ2n) is 3.80. The molecule has 1 aromatic heterocycles. The second-order valence-corrected chi connectivity index (χ2v) is 5.63. The van der Waals surface area contributed by atoms with Gasteiger partial charge in [0.05, 0.1) is 11.8 Å². The highest BCUT2D eigenvalue weighted by molar-refractivity contribution is 7.88. The average Bonchev–Trinajstić information content (AvgIpc) is 2.32. The standard InChI is InChI=1S/C10H11F3N4O2S/c1-20(18,19)16-5-4-15-9-7(6-14)2-3-8(17-9)10(11,12)13/h2-3,16H,4-5H2,1H3,(H,15,17). The summed E-state index contributed by atoms with van der Waals surface area (Å²) in [7, 11) is -3.38. The Labute approximate surface area is 113 Å². The van der Waals surface area contributed by atoms with E-state index in [2.05, 4.69) is 15.0 Å². The fourth-order valence-electron chi connectivity index (χ4n) is 1.26. The molecule has 6 nitrogen and oxygen atoms in total. The van der Waals surface area contributed by atoms with E-state index in [1.807, 2.05) is 0 Å². The van der Waals surface area contributed by atoms with Crippen molar-refractivity contribution >= 4 is 15.8 Å². The van der Waals surface area contributed by atoms with Crippen molar-refractivity contribution in [1.29, 1.82) is 5.26 Å². The largest absolute Gasteiger partial charge is 0.433 e. The summed E-state index contributed by atoms with van der Waals surface area (Å²) in [4.78, 5) is 3.31. The fraction of sp³-hybridized carbons (Fsp3) is 0.400. The van der Waals surface area contributed by atoms with Crippen LogP contribution in [0.4, 0.5) is 19.0 Å². The summed E-state index contributed by atoms with van der Waals surface area (Å²) in [5.74, 6) is -0.238. The lowest BCUT2D eigenvalue weighted by molar-refractivity contribution is -0.141. The van der Waals surface area contributed by atoms with Crippen LogP contribution in [0.25, 0.3) is 0 Å². The molecule has 0 bridgehead atoms. The zero-order valence-electron chi connectivity index (χ0n) is 10.3. The third-order valence-corrected chi connectivity index (χ3v) is 2.82. The van der Waals surface area contributed by atoms with Crippen molar-refractivity contribution in [2.24, 2.45) is 0 Å². The van der Waals surface area contributed by atoms with Crippen LogP contribution in [0.5, 0.6) is 0 Å². The third kappa shape index (κ3) is 5.02. The maximum absolute atomic E-state index is 12.5. The average molecular weight is 308 g/mol. The van der Waals surface area contributed by atoms with Gasteiger partial charge < -0.3 is 5.32 Å². The van der Waals surface area contributed by atoms with Crippen LogP contribution in [0.1, 0.15) is 11.3 Å². The molecule has 20 heavy (non-hydrogen) atoms. The Bertz CT molecular complexity index is 622. The van der Waals surface area contributed by atoms with E-state index in [1.165, 1.54) is 0 Å². The molecule has 0 unspecified atom stereocenters. The zero-order valence-corrected chi connectivity index (χ0v) is 11.1. The highest BCUT2D eigenvalue weighted by atomic mass is 32.2. The molecule has 0 aromatic carbocycles. The van der Waals surface area contributed by atoms with Crippen LogP contribution in [0.15, 0.2) is 12.1 Å². The van der Waals surface area contributed by atoms with E-state index < -0.39 is 21.9 Å². The van der Waals surface area contributed by atoms with Crippen molar-refractivity contribution in [3.8, 4) is 6.07 Å². The summed E-state index contributed by atoms with van der Waals surface area (Å²) >= 11 is 0. The number of rotatable bonds is 5. The Kier molecular flexibility index (Phi) is 4.91. The van der Waals surface area contributed by atoms with Crippen molar-refractivity contribution in [1.82, 2.24) is 9.71 Å². The lowest BCUT2D eigenvalue weighted by Crippen LogP contribution is -2.28. The van der Waals surface area contributed by atoms with Crippen LogP contribution in [0.2, 0.25) is 0 Å². The minimum atomic E-state index is -4.62. The number of sulfonamides is 1. The van der Waals surface area contributed by atoms with Crippen LogP contribution in [0, 0.1) is 11.3 Å². The summed E-state index contributed by atoms with van der Waals surface area (Å²) in [6.45, 7) is -0.0440. The fourth-order valence-corrected chi connectivity index (χ4v) is 1.73. The van der Waals surface area contributed by atoms with E-state index in [0.29, 0.717) is 6.07 Å². The van der Waals surface area contributed by atoms with E-state index in [-0.39, 0.29) is 24.5 Å². The predicted molar refractivity (Wildman–Crippen MR) is 65.3 cm³/mol. The summed E-state index contributed by atoms with van der Waals surface area (Å²) in [6.07, 6.45) is -3.66. The molecule has 0 spiro atoms. The molecule has 10 heteroatoms. The molecule has 0 saturated heterocycles. The molecule has 0 aliphatic heterocycles. The van der Waals surface area contributed by atoms with Crippen molar-refractivity contribution in [2.75, 3.05) is 24.7 Å². The minimum Gasteiger partial charge on any atom is -0.368 e. The molecule has 0 aliphatic rings. The summed E-state index contributed by atoms with van der Waals surface area (Å²) in [5, 5.41) is 11.3. The zero-order chi connectivity index (χ0) is 15.4. The smallest absolute Gasteiger partial charge is 0.368 e. The van der Waals surface area contributed by atoms with Gasteiger partial charge in [-0.05, 0) is 12.1 Å². The van der Waals surface area contributed by atoms with Gasteiger partial charge in [-0.15, -0.1) is 0 Å². The first-order valence-electron chi connectivity index (χ1n) is 5.30. The van der Waals surface area contributed by atoms with Gasteiger partial charge in [0.1, 0.15) is 17.6 Å². The number of hydrogen-bond donors (Lipinski definition) is 2. The van der Waals surface area contributed by atoms with Crippen molar-refractivity contribution < 1.29 is 21.6 Å². The van der Waals surface area contributed by atoms with Gasteiger partial charge in [-0.3, -0.25) is 0 Å². The van der Waals surface area contributed by atoms with E-state index >= 15 is 0 Å². The number of alkyl halides is 3. The van der Waals surface area contributed by atoms with Gasteiger partial charge in [0.25, 0.3) is 0 Å². The van der Waals surface area contributed by atoms with Crippen molar-refractivity contribution in [3.63, 3.8) is 0 Å². The maximum Gasteiger partial charge on any atom is 0.433 e. The van der Waals surface area contributed by atoms with Crippen LogP contribution >= 0.6 is 0 Å². The van der Waals surface area contributed by atoms with Gasteiger partial charge >= 0.3 is 6.18 Å². The Morgan fingerprint density at radius 3 is 2.50 bits per heavy atom. The van der Waals surface area contributed by atoms with Gasteiger partial charge in [-0.2, -0.15) is 18.4 Å². The lowest BCUT2D eigenvalue weighted by atomic mass is 10.2. The Hall–Kier alpha value is -1.86. The molecular weight excluding hydrogens is 297 g/mol. The van der Waals surface area contributed by atoms with Crippen LogP contribution in [-0.4, -0.2) is 32.7 Å². The second kappa shape index (κ2) is 6.06. The van der Waals surface area contributed by atoms with E-state index in [4.69, 9.17) is 5.26 Å². The number of halogens is 3. The molecule has 0 atom stereocenters. The highest BCUT2D eigenvalue weighted by Gasteiger charge is 2.33. The minimum absolute atomic E-state index is 0.00391. The molecule has 0 aliphatic carbocycles. The third-order valence-electron chi connectivity index (χ3n) is 2.09. The van der Waals surface area contributed by atoms with E-state index in [1.54, 1.807) is 6.07 Å². The first kappa shape index (κ1) is 16.2. The van der Waals surface area contributed by atoms with Gasteiger partial charge in [0, 0.05) is 13.1 Å². The molecule has 1 aromatic rings. The molecule has 1 heterocycles. The van der Waals surface area contributed by atoms with Crippen LogP contribution in [0.3, 0.4) is 0 Å². The number of anilines is 1. The van der Waals surface area contributed by atoms with Crippen LogP contribution in [-0.2, 0) is 16.2 Å². The summed E-state index contributed by atoms with van der Waals surface area (Å²) < 4.78 is 61.2. The molecule has 1 rings (SSSR count). The normalized spacial score (nSPS) is 11.9. The molecule has 0 radical (unpaired) electrons. The van der Waals surface area contributed by atoms with E-state index in [0.717, 1.165) is 12.3 Å². The van der Waals surface area contributed by atoms with Crippen LogP contribution < -0.4 is 10.0 Å². The van der Waals surface area contributed by atoms with Gasteiger partial charge in [0.2, 0.25) is 10.0 Å². The number of nitrogens with zero attached hydrogens (tertiary/aromatic N) is 2. The Balaban J connectivity index is 2.80. The summed E-state index contributed by atoms with van der Waals surface area (Å²) in [6, 6.07) is 3.41. The van der Waals surface area contributed by atoms with Gasteiger partial charge in [-0.1, -0.05) is 0 Å². The monoisotopic (exact) mass is 308 g/mol. The first-order chi connectivity index (χ1) is 9.13. The lowest BCUT2D eigenvalue weighted by Gasteiger charge is -2.11. The summed E-state index contributed by atoms with van der Waals surface area (Å²) in [5.41, 5.74) is -1.19. The van der Waals surface area contributed by atoms with Gasteiger partial charge in [0.15, 0.2) is 0 Å². The molecule has 0 saturated carbocycles. The predicted octanol–water partition coefficient (Wildman–Crippen LogP) is 0.933. The Morgan fingerprint density at radius 1 is 1.35 bits per heavy atom. The molecule has 0 amide bonds. The molecule has 110 valence electrons. The van der Waals surface area contributed by atoms with Crippen molar-refractivity contribution in [2.45, 2.75) is 6.18 Å².